The van der Waals surface area contributed by atoms with E-state index in [2.05, 4.69) is 20.9 Å². The number of piperidine rings is 1. The summed E-state index contributed by atoms with van der Waals surface area (Å²) in [5.41, 5.74) is 2.87. The van der Waals surface area contributed by atoms with Gasteiger partial charge in [0, 0.05) is 30.6 Å². The first-order valence-corrected chi connectivity index (χ1v) is 9.62. The van der Waals surface area contributed by atoms with Crippen molar-refractivity contribution in [3.8, 4) is 5.69 Å². The quantitative estimate of drug-likeness (QED) is 0.683. The smallest absolute Gasteiger partial charge is 0.255 e. The molecule has 0 saturated carbocycles. The summed E-state index contributed by atoms with van der Waals surface area (Å²) in [6, 6.07) is 4.76. The number of rotatable bonds is 3. The molecule has 0 bridgehead atoms. The van der Waals surface area contributed by atoms with Crippen LogP contribution in [0.25, 0.3) is 5.69 Å². The fraction of sp³-hybridized carbons (Fsp3) is 0.421. The molecule has 29 heavy (non-hydrogen) atoms. The molecule has 0 radical (unpaired) electrons. The number of morpholine rings is 1. The normalized spacial score (nSPS) is 24.6. The van der Waals surface area contributed by atoms with Crippen LogP contribution in [-0.4, -0.2) is 63.4 Å². The third kappa shape index (κ3) is 3.10. The van der Waals surface area contributed by atoms with Gasteiger partial charge in [-0.15, -0.1) is 5.10 Å². The average molecular weight is 396 g/mol. The Morgan fingerprint density at radius 2 is 2.10 bits per heavy atom. The number of aromatic nitrogens is 3. The zero-order valence-corrected chi connectivity index (χ0v) is 15.6. The second kappa shape index (κ2) is 7.05. The van der Waals surface area contributed by atoms with Crippen LogP contribution in [-0.2, 0) is 20.9 Å². The van der Waals surface area contributed by atoms with Gasteiger partial charge in [0.15, 0.2) is 0 Å². The van der Waals surface area contributed by atoms with Crippen molar-refractivity contribution >= 4 is 17.7 Å². The van der Waals surface area contributed by atoms with E-state index in [9.17, 15) is 14.4 Å². The fourth-order valence-electron chi connectivity index (χ4n) is 4.09. The van der Waals surface area contributed by atoms with Crippen LogP contribution in [0.5, 0.6) is 0 Å². The minimum atomic E-state index is -0.643. The minimum absolute atomic E-state index is 0.0177. The van der Waals surface area contributed by atoms with Gasteiger partial charge >= 0.3 is 0 Å². The molecule has 0 aliphatic carbocycles. The van der Waals surface area contributed by atoms with E-state index in [0.717, 1.165) is 23.5 Å². The number of amides is 3. The highest BCUT2D eigenvalue weighted by Crippen LogP contribution is 2.31. The van der Waals surface area contributed by atoms with Gasteiger partial charge in [0.25, 0.3) is 5.91 Å². The second-order valence-electron chi connectivity index (χ2n) is 7.37. The van der Waals surface area contributed by atoms with Crippen molar-refractivity contribution in [2.45, 2.75) is 31.5 Å². The van der Waals surface area contributed by atoms with Crippen LogP contribution in [0.1, 0.15) is 40.5 Å². The van der Waals surface area contributed by atoms with Crippen molar-refractivity contribution in [1.82, 2.24) is 30.5 Å². The summed E-state index contributed by atoms with van der Waals surface area (Å²) >= 11 is 0. The highest BCUT2D eigenvalue weighted by Gasteiger charge is 2.40. The standard InChI is InChI=1S/C19H20N6O4/c26-17-5-4-16(18(27)21-17)24-8-12-11(19(24)28)2-1-3-15(12)25-9-13(22-23-25)14-10-29-7-6-20-14/h1-3,9,14,16,20H,4-8,10H2,(H,21,26,27). The Hall–Kier alpha value is -3.11. The lowest BCUT2D eigenvalue weighted by molar-refractivity contribution is -0.136. The highest BCUT2D eigenvalue weighted by atomic mass is 16.5. The van der Waals surface area contributed by atoms with E-state index in [1.165, 1.54) is 4.90 Å². The SMILES string of the molecule is O=C1CCC(N2Cc3c(cccc3-n3cc(C4COCCN4)nn3)C2=O)C(=O)N1. The molecule has 3 aliphatic heterocycles. The van der Waals surface area contributed by atoms with Gasteiger partial charge in [-0.2, -0.15) is 0 Å². The molecule has 2 unspecified atom stereocenters. The Morgan fingerprint density at radius 3 is 2.90 bits per heavy atom. The molecule has 5 rings (SSSR count). The Bertz CT molecular complexity index is 996. The van der Waals surface area contributed by atoms with Gasteiger partial charge in [0.2, 0.25) is 11.8 Å². The minimum Gasteiger partial charge on any atom is -0.378 e. The Morgan fingerprint density at radius 1 is 1.21 bits per heavy atom. The molecular weight excluding hydrogens is 376 g/mol. The van der Waals surface area contributed by atoms with E-state index in [1.54, 1.807) is 16.8 Å². The molecule has 2 N–H and O–H groups in total. The van der Waals surface area contributed by atoms with Crippen molar-refractivity contribution in [2.75, 3.05) is 19.8 Å². The van der Waals surface area contributed by atoms with E-state index in [0.29, 0.717) is 25.2 Å². The van der Waals surface area contributed by atoms with Crippen molar-refractivity contribution < 1.29 is 19.1 Å². The van der Waals surface area contributed by atoms with Crippen LogP contribution in [0, 0.1) is 0 Å². The van der Waals surface area contributed by atoms with Crippen LogP contribution in [0.4, 0.5) is 0 Å². The fourth-order valence-corrected chi connectivity index (χ4v) is 4.09. The zero-order valence-electron chi connectivity index (χ0n) is 15.6. The number of nitrogens with one attached hydrogen (secondary N) is 2. The Balaban J connectivity index is 1.43. The van der Waals surface area contributed by atoms with E-state index in [4.69, 9.17) is 4.74 Å². The summed E-state index contributed by atoms with van der Waals surface area (Å²) in [7, 11) is 0. The monoisotopic (exact) mass is 396 g/mol. The van der Waals surface area contributed by atoms with Gasteiger partial charge < -0.3 is 15.0 Å². The molecule has 3 aliphatic rings. The molecule has 1 aromatic carbocycles. The van der Waals surface area contributed by atoms with Gasteiger partial charge in [-0.05, 0) is 18.6 Å². The van der Waals surface area contributed by atoms with E-state index in [-0.39, 0.29) is 30.8 Å². The van der Waals surface area contributed by atoms with Gasteiger partial charge in [-0.1, -0.05) is 11.3 Å². The van der Waals surface area contributed by atoms with Crippen LogP contribution < -0.4 is 10.6 Å². The molecule has 2 saturated heterocycles. The molecule has 2 fully saturated rings. The third-order valence-electron chi connectivity index (χ3n) is 5.59. The first-order valence-electron chi connectivity index (χ1n) is 9.62. The van der Waals surface area contributed by atoms with Gasteiger partial charge in [0.1, 0.15) is 11.7 Å². The van der Waals surface area contributed by atoms with E-state index < -0.39 is 11.9 Å². The molecule has 10 nitrogen and oxygen atoms in total. The number of fused-ring (bicyclic) bond motifs is 1. The molecule has 4 heterocycles. The first kappa shape index (κ1) is 18.0. The molecule has 2 atom stereocenters. The van der Waals surface area contributed by atoms with Gasteiger partial charge in [-0.25, -0.2) is 4.68 Å². The molecular formula is C19H20N6O4. The van der Waals surface area contributed by atoms with E-state index in [1.807, 2.05) is 12.3 Å². The predicted molar refractivity (Wildman–Crippen MR) is 99.0 cm³/mol. The van der Waals surface area contributed by atoms with Crippen molar-refractivity contribution in [2.24, 2.45) is 0 Å². The summed E-state index contributed by atoms with van der Waals surface area (Å²) in [5, 5.41) is 14.2. The summed E-state index contributed by atoms with van der Waals surface area (Å²) in [6.07, 6.45) is 2.40. The summed E-state index contributed by atoms with van der Waals surface area (Å²) in [6.45, 7) is 2.26. The molecule has 150 valence electrons. The van der Waals surface area contributed by atoms with E-state index >= 15 is 0 Å². The van der Waals surface area contributed by atoms with Crippen LogP contribution in [0.15, 0.2) is 24.4 Å². The number of ether oxygens (including phenoxy) is 1. The van der Waals surface area contributed by atoms with Crippen LogP contribution >= 0.6 is 0 Å². The number of carbonyl (C=O) groups is 3. The van der Waals surface area contributed by atoms with Crippen molar-refractivity contribution in [3.63, 3.8) is 0 Å². The number of benzene rings is 1. The predicted octanol–water partition coefficient (Wildman–Crippen LogP) is -0.311. The average Bonchev–Trinajstić information content (AvgIpc) is 3.34. The number of hydrogen-bond acceptors (Lipinski definition) is 7. The van der Waals surface area contributed by atoms with Crippen LogP contribution in [0.2, 0.25) is 0 Å². The molecule has 0 spiro atoms. The zero-order chi connectivity index (χ0) is 20.0. The highest BCUT2D eigenvalue weighted by molar-refractivity contribution is 6.05. The summed E-state index contributed by atoms with van der Waals surface area (Å²) < 4.78 is 7.14. The topological polar surface area (TPSA) is 118 Å². The molecule has 2 aromatic rings. The molecule has 1 aromatic heterocycles. The number of nitrogens with zero attached hydrogens (tertiary/aromatic N) is 4. The van der Waals surface area contributed by atoms with Crippen molar-refractivity contribution in [3.05, 3.63) is 41.2 Å². The lowest BCUT2D eigenvalue weighted by Crippen LogP contribution is -2.52. The maximum atomic E-state index is 12.9. The largest absolute Gasteiger partial charge is 0.378 e. The second-order valence-corrected chi connectivity index (χ2v) is 7.37. The van der Waals surface area contributed by atoms with Gasteiger partial charge in [0.05, 0.1) is 31.1 Å². The third-order valence-corrected chi connectivity index (χ3v) is 5.59. The van der Waals surface area contributed by atoms with Crippen LogP contribution in [0.3, 0.4) is 0 Å². The Labute approximate surface area is 166 Å². The molecule has 3 amide bonds. The number of hydrogen-bond donors (Lipinski definition) is 2. The molecule has 10 heteroatoms. The van der Waals surface area contributed by atoms with Gasteiger partial charge in [-0.3, -0.25) is 19.7 Å². The lowest BCUT2D eigenvalue weighted by Gasteiger charge is -2.29. The Kier molecular flexibility index (Phi) is 4.36. The number of imide groups is 1. The first-order chi connectivity index (χ1) is 14.1. The lowest BCUT2D eigenvalue weighted by atomic mass is 10.0. The number of carbonyl (C=O) groups excluding carboxylic acids is 3. The summed E-state index contributed by atoms with van der Waals surface area (Å²) in [5.74, 6) is -0.930. The maximum Gasteiger partial charge on any atom is 0.255 e. The summed E-state index contributed by atoms with van der Waals surface area (Å²) in [4.78, 5) is 38.2. The maximum absolute atomic E-state index is 12.9. The van der Waals surface area contributed by atoms with Crippen molar-refractivity contribution in [1.29, 1.82) is 0 Å².